The topological polar surface area (TPSA) is 33.5 Å². The van der Waals surface area contributed by atoms with Crippen molar-refractivity contribution < 1.29 is 39.0 Å². The van der Waals surface area contributed by atoms with Crippen molar-refractivity contribution in [3.63, 3.8) is 0 Å². The molecule has 0 unspecified atom stereocenters. The smallest absolute Gasteiger partial charge is 0.135 e. The molecule has 9 aromatic rings. The van der Waals surface area contributed by atoms with Gasteiger partial charge in [-0.15, -0.1) is 53.6 Å². The van der Waals surface area contributed by atoms with E-state index < -0.39 is 11.6 Å². The Balaban J connectivity index is 0.00000656. The van der Waals surface area contributed by atoms with Gasteiger partial charge in [0.2, 0.25) is 0 Å². The van der Waals surface area contributed by atoms with E-state index >= 15 is 4.39 Å². The van der Waals surface area contributed by atoms with Crippen molar-refractivity contribution in [2.75, 3.05) is 9.80 Å². The van der Waals surface area contributed by atoms with Crippen LogP contribution in [0.4, 0.5) is 35.9 Å². The Morgan fingerprint density at radius 2 is 1.12 bits per heavy atom. The summed E-state index contributed by atoms with van der Waals surface area (Å²) in [6, 6.07) is 47.5. The third-order valence-corrected chi connectivity index (χ3v) is 13.9. The predicted octanol–water partition coefficient (Wildman–Crippen LogP) is 18.5. The molecule has 5 nitrogen and oxygen atoms in total. The number of halogens is 3. The molecule has 0 amide bonds. The molecule has 0 saturated carbocycles. The summed E-state index contributed by atoms with van der Waals surface area (Å²) < 4.78 is 54.1. The molecular weight excluding hydrogens is 1090 g/mol. The van der Waals surface area contributed by atoms with Crippen LogP contribution in [0.15, 0.2) is 134 Å². The van der Waals surface area contributed by atoms with Crippen LogP contribution < -0.4 is 14.5 Å². The van der Waals surface area contributed by atoms with Gasteiger partial charge in [0.05, 0.1) is 0 Å². The summed E-state index contributed by atoms with van der Waals surface area (Å²) in [6.07, 6.45) is 1.87. The first-order chi connectivity index (χ1) is 34.3. The van der Waals surface area contributed by atoms with E-state index in [1.165, 1.54) is 17.7 Å². The van der Waals surface area contributed by atoms with E-state index in [1.807, 2.05) is 36.5 Å². The maximum Gasteiger partial charge on any atom is 0.135 e. The van der Waals surface area contributed by atoms with E-state index in [9.17, 15) is 8.78 Å². The Morgan fingerprint density at radius 3 is 1.74 bits per heavy atom. The van der Waals surface area contributed by atoms with Crippen LogP contribution in [0.5, 0.6) is 11.5 Å². The van der Waals surface area contributed by atoms with Crippen LogP contribution in [0.25, 0.3) is 49.9 Å². The number of fused-ring (bicyclic) bond motifs is 4. The van der Waals surface area contributed by atoms with E-state index in [2.05, 4.69) is 176 Å². The van der Waals surface area contributed by atoms with Crippen molar-refractivity contribution in [2.45, 2.75) is 105 Å². The van der Waals surface area contributed by atoms with Gasteiger partial charge in [0.15, 0.2) is 0 Å². The first kappa shape index (κ1) is 51.3. The maximum absolute atomic E-state index is 15.6. The number of ether oxygens (including phenoxy) is 1. The second-order valence-electron chi connectivity index (χ2n) is 21.4. The Morgan fingerprint density at radius 1 is 0.548 bits per heavy atom. The monoisotopic (exact) mass is 1150 g/mol. The molecule has 0 bridgehead atoms. The van der Waals surface area contributed by atoms with E-state index in [1.54, 1.807) is 12.1 Å². The summed E-state index contributed by atoms with van der Waals surface area (Å²) in [7, 11) is 0. The Labute approximate surface area is 442 Å². The second-order valence-corrected chi connectivity index (χ2v) is 21.4. The van der Waals surface area contributed by atoms with Crippen molar-refractivity contribution in [3.8, 4) is 39.6 Å². The predicted molar refractivity (Wildman–Crippen MR) is 290 cm³/mol. The van der Waals surface area contributed by atoms with Crippen LogP contribution in [-0.4, -0.2) is 9.55 Å². The molecule has 0 fully saturated rings. The number of para-hydroxylation sites is 3. The van der Waals surface area contributed by atoms with Crippen LogP contribution in [0.1, 0.15) is 128 Å². The molecule has 7 aromatic carbocycles. The number of benzene rings is 7. The normalized spacial score (nSPS) is 12.8. The summed E-state index contributed by atoms with van der Waals surface area (Å²) in [5.41, 5.74) is 13.5. The summed E-state index contributed by atoms with van der Waals surface area (Å²) in [4.78, 5) is 9.26. The molecule has 0 aliphatic carbocycles. The van der Waals surface area contributed by atoms with Crippen molar-refractivity contribution in [2.24, 2.45) is 0 Å². The van der Waals surface area contributed by atoms with Gasteiger partial charge in [0, 0.05) is 67.4 Å². The molecule has 0 atom stereocenters. The molecule has 2 aromatic heterocycles. The van der Waals surface area contributed by atoms with Gasteiger partial charge in [0.1, 0.15) is 23.3 Å². The second kappa shape index (κ2) is 20.0. The number of hydrogen-bond acceptors (Lipinski definition) is 4. The van der Waals surface area contributed by atoms with Gasteiger partial charge in [0.25, 0.3) is 0 Å². The Kier molecular flexibility index (Phi) is 14.0. The SMILES string of the molecule is CC(C)c1cc(F)cc(C(C)C)c1-c1cc(Oc2[c-]c3c(cc2)c2ccccc2n3-c2cc(C(C)(C)C)ccn2)[c-]c(N2[CH-]N(c3c(C(C)C)cc(-c4cc(F)cc(F)c4)cc3C(C)C)c3ccccc32)c1.[Pt]. The molecular formula is C64H60F3N4OPt-3. The minimum atomic E-state index is -0.618. The summed E-state index contributed by atoms with van der Waals surface area (Å²) in [6.45, 7) is 25.7. The molecule has 1 aliphatic rings. The van der Waals surface area contributed by atoms with E-state index in [-0.39, 0.29) is 56.0 Å². The van der Waals surface area contributed by atoms with Crippen LogP contribution in [0, 0.1) is 36.3 Å². The van der Waals surface area contributed by atoms with Gasteiger partial charge < -0.3 is 19.1 Å². The fourth-order valence-corrected chi connectivity index (χ4v) is 10.3. The van der Waals surface area contributed by atoms with Gasteiger partial charge in [-0.2, -0.15) is 6.07 Å². The minimum Gasteiger partial charge on any atom is -0.509 e. The average molecular weight is 1150 g/mol. The van der Waals surface area contributed by atoms with Crippen LogP contribution in [-0.2, 0) is 26.5 Å². The zero-order valence-corrected chi connectivity index (χ0v) is 45.5. The van der Waals surface area contributed by atoms with Crippen molar-refractivity contribution in [1.29, 1.82) is 0 Å². The molecule has 3 heterocycles. The molecule has 1 aliphatic heterocycles. The fraction of sp³-hybridized carbons (Fsp3) is 0.250. The number of rotatable bonds is 11. The third kappa shape index (κ3) is 9.72. The molecule has 0 saturated heterocycles. The van der Waals surface area contributed by atoms with Crippen LogP contribution >= 0.6 is 0 Å². The quantitative estimate of drug-likeness (QED) is 0.121. The summed E-state index contributed by atoms with van der Waals surface area (Å²) in [5.74, 6) is 0.380. The minimum absolute atomic E-state index is 0. The number of pyridine rings is 1. The first-order valence-corrected chi connectivity index (χ1v) is 25.0. The van der Waals surface area contributed by atoms with E-state index in [0.29, 0.717) is 22.7 Å². The fourth-order valence-electron chi connectivity index (χ4n) is 10.3. The standard InChI is InChI=1S/C64H60F3N4O.Pt/c1-37(2)53-32-47(67)33-54(38(3)4)62(53)43-26-48(34-50(27-43)72-49-20-21-52-51-16-12-13-17-57(51)71(60(52)35-49)61-30-44(22-23-68-61)64(9,10)11)69-36-70(59-19-15-14-18-58(59)69)63-55(39(5)6)28-42(29-56(63)40(7)8)41-24-45(65)31-46(66)25-41;/h12-33,36-40H,1-11H3;/q-3;. The Bertz CT molecular complexity index is 3470. The van der Waals surface area contributed by atoms with E-state index in [4.69, 9.17) is 9.72 Å². The largest absolute Gasteiger partial charge is 0.509 e. The third-order valence-electron chi connectivity index (χ3n) is 13.9. The van der Waals surface area contributed by atoms with Gasteiger partial charge in [-0.05, 0) is 146 Å². The molecule has 0 N–H and O–H groups in total. The zero-order chi connectivity index (χ0) is 50.9. The molecule has 376 valence electrons. The molecule has 73 heavy (non-hydrogen) atoms. The number of hydrogen-bond donors (Lipinski definition) is 0. The summed E-state index contributed by atoms with van der Waals surface area (Å²) in [5, 5.41) is 2.11. The number of aromatic nitrogens is 2. The zero-order valence-electron chi connectivity index (χ0n) is 43.2. The van der Waals surface area contributed by atoms with Crippen molar-refractivity contribution >= 4 is 44.6 Å². The number of anilines is 4. The molecule has 10 rings (SSSR count). The Hall–Kier alpha value is -6.63. The summed E-state index contributed by atoms with van der Waals surface area (Å²) >= 11 is 0. The molecule has 0 spiro atoms. The van der Waals surface area contributed by atoms with Crippen LogP contribution in [0.3, 0.4) is 0 Å². The van der Waals surface area contributed by atoms with Crippen LogP contribution in [0.2, 0.25) is 0 Å². The van der Waals surface area contributed by atoms with Crippen molar-refractivity contribution in [3.05, 3.63) is 198 Å². The van der Waals surface area contributed by atoms with Gasteiger partial charge in [-0.25, -0.2) is 18.2 Å². The number of nitrogens with zero attached hydrogens (tertiary/aromatic N) is 4. The molecule has 0 radical (unpaired) electrons. The van der Waals surface area contributed by atoms with Gasteiger partial charge >= 0.3 is 0 Å². The maximum atomic E-state index is 15.6. The van der Waals surface area contributed by atoms with Crippen molar-refractivity contribution in [1.82, 2.24) is 9.55 Å². The molecule has 9 heteroatoms. The van der Waals surface area contributed by atoms with E-state index in [0.717, 1.165) is 89.7 Å². The van der Waals surface area contributed by atoms with Gasteiger partial charge in [-0.3, -0.25) is 0 Å². The van der Waals surface area contributed by atoms with Gasteiger partial charge in [-0.1, -0.05) is 112 Å². The average Bonchev–Trinajstić information content (AvgIpc) is 3.88. The first-order valence-electron chi connectivity index (χ1n) is 25.0.